The number of aromatic nitrogens is 2. The fourth-order valence-electron chi connectivity index (χ4n) is 2.28. The summed E-state index contributed by atoms with van der Waals surface area (Å²) >= 11 is 0. The largest absolute Gasteiger partial charge is 0.489 e. The van der Waals surface area contributed by atoms with Crippen LogP contribution in [0.15, 0.2) is 60.8 Å². The number of hydrogen-bond donors (Lipinski definition) is 0. The zero-order chi connectivity index (χ0) is 15.4. The molecule has 3 nitrogen and oxygen atoms in total. The highest BCUT2D eigenvalue weighted by molar-refractivity contribution is 5.69. The maximum Gasteiger partial charge on any atom is 0.142 e. The molecule has 0 saturated carbocycles. The molecule has 0 fully saturated rings. The molecule has 0 radical (unpaired) electrons. The minimum atomic E-state index is 0.558. The van der Waals surface area contributed by atoms with E-state index in [1.807, 2.05) is 67.8 Å². The van der Waals surface area contributed by atoms with Gasteiger partial charge in [0.1, 0.15) is 18.1 Å². The summed E-state index contributed by atoms with van der Waals surface area (Å²) in [6.45, 7) is 0.558. The van der Waals surface area contributed by atoms with Crippen molar-refractivity contribution < 1.29 is 4.74 Å². The van der Waals surface area contributed by atoms with Crippen LogP contribution in [-0.4, -0.2) is 9.78 Å². The van der Waals surface area contributed by atoms with Crippen LogP contribution in [-0.2, 0) is 13.7 Å². The highest BCUT2D eigenvalue weighted by Crippen LogP contribution is 2.25. The number of ether oxygens (including phenoxy) is 1. The lowest BCUT2D eigenvalue weighted by molar-refractivity contribution is 0.306. The Bertz CT molecular complexity index is 796. The van der Waals surface area contributed by atoms with Gasteiger partial charge < -0.3 is 4.74 Å². The van der Waals surface area contributed by atoms with Crippen molar-refractivity contribution in [1.29, 1.82) is 0 Å². The molecule has 1 aromatic heterocycles. The Morgan fingerprint density at radius 1 is 1.09 bits per heavy atom. The molecule has 3 heteroatoms. The smallest absolute Gasteiger partial charge is 0.142 e. The summed E-state index contributed by atoms with van der Waals surface area (Å²) in [7, 11) is 1.86. The molecular weight excluding hydrogens is 272 g/mol. The van der Waals surface area contributed by atoms with Gasteiger partial charge in [-0.15, -0.1) is 6.42 Å². The quantitative estimate of drug-likeness (QED) is 0.685. The van der Waals surface area contributed by atoms with Crippen LogP contribution >= 0.6 is 0 Å². The molecule has 0 aliphatic carbocycles. The van der Waals surface area contributed by atoms with Crippen molar-refractivity contribution in [3.63, 3.8) is 0 Å². The lowest BCUT2D eigenvalue weighted by Crippen LogP contribution is -1.94. The van der Waals surface area contributed by atoms with Crippen molar-refractivity contribution in [3.8, 4) is 29.2 Å². The van der Waals surface area contributed by atoms with Crippen molar-refractivity contribution in [1.82, 2.24) is 9.78 Å². The first-order valence-corrected chi connectivity index (χ1v) is 7.03. The summed E-state index contributed by atoms with van der Waals surface area (Å²) in [5.74, 6) is 3.45. The van der Waals surface area contributed by atoms with Gasteiger partial charge in [0.15, 0.2) is 0 Å². The summed E-state index contributed by atoms with van der Waals surface area (Å²) in [6.07, 6.45) is 7.42. The first-order valence-electron chi connectivity index (χ1n) is 7.03. The van der Waals surface area contributed by atoms with E-state index in [0.29, 0.717) is 12.3 Å². The van der Waals surface area contributed by atoms with Gasteiger partial charge in [0.2, 0.25) is 0 Å². The molecule has 0 aliphatic heterocycles. The maximum atomic E-state index is 5.78. The molecule has 3 aromatic rings. The molecule has 0 saturated heterocycles. The fourth-order valence-corrected chi connectivity index (χ4v) is 2.28. The second-order valence-electron chi connectivity index (χ2n) is 5.01. The number of terminal acetylenes is 1. The fraction of sp³-hybridized carbons (Fsp3) is 0.105. The van der Waals surface area contributed by atoms with E-state index in [9.17, 15) is 0 Å². The predicted molar refractivity (Wildman–Crippen MR) is 87.4 cm³/mol. The van der Waals surface area contributed by atoms with Crippen molar-refractivity contribution >= 4 is 0 Å². The summed E-state index contributed by atoms with van der Waals surface area (Å²) in [5.41, 5.74) is 3.79. The molecule has 0 unspecified atom stereocenters. The van der Waals surface area contributed by atoms with Crippen LogP contribution < -0.4 is 4.74 Å². The van der Waals surface area contributed by atoms with Gasteiger partial charge in [-0.25, -0.2) is 0 Å². The molecule has 2 aromatic carbocycles. The number of benzene rings is 2. The Morgan fingerprint density at radius 3 is 2.50 bits per heavy atom. The third kappa shape index (κ3) is 3.02. The van der Waals surface area contributed by atoms with Crippen molar-refractivity contribution in [3.05, 3.63) is 72.1 Å². The van der Waals surface area contributed by atoms with E-state index in [2.05, 4.69) is 11.0 Å². The lowest BCUT2D eigenvalue weighted by Gasteiger charge is -2.07. The Balaban J connectivity index is 1.74. The number of hydrogen-bond acceptors (Lipinski definition) is 2. The number of aryl methyl sites for hydroxylation is 1. The van der Waals surface area contributed by atoms with Crippen molar-refractivity contribution in [2.75, 3.05) is 0 Å². The van der Waals surface area contributed by atoms with Gasteiger partial charge in [0, 0.05) is 18.8 Å². The zero-order valence-corrected chi connectivity index (χ0v) is 12.4. The Morgan fingerprint density at radius 2 is 1.82 bits per heavy atom. The van der Waals surface area contributed by atoms with E-state index >= 15 is 0 Å². The van der Waals surface area contributed by atoms with E-state index in [-0.39, 0.29) is 0 Å². The van der Waals surface area contributed by atoms with Gasteiger partial charge >= 0.3 is 0 Å². The molecule has 0 spiro atoms. The predicted octanol–water partition coefficient (Wildman–Crippen LogP) is 3.65. The van der Waals surface area contributed by atoms with Gasteiger partial charge in [-0.2, -0.15) is 5.10 Å². The van der Waals surface area contributed by atoms with Crippen LogP contribution in [0.2, 0.25) is 0 Å². The molecule has 22 heavy (non-hydrogen) atoms. The second-order valence-corrected chi connectivity index (χ2v) is 5.01. The average molecular weight is 288 g/mol. The molecule has 0 atom stereocenters. The third-order valence-electron chi connectivity index (χ3n) is 3.38. The van der Waals surface area contributed by atoms with Crippen LogP contribution in [0.1, 0.15) is 11.3 Å². The molecule has 0 amide bonds. The van der Waals surface area contributed by atoms with E-state index < -0.39 is 0 Å². The lowest BCUT2D eigenvalue weighted by atomic mass is 10.1. The molecule has 3 rings (SSSR count). The summed E-state index contributed by atoms with van der Waals surface area (Å²) in [6, 6.07) is 18.0. The van der Waals surface area contributed by atoms with Crippen LogP contribution in [0, 0.1) is 12.3 Å². The molecule has 0 bridgehead atoms. The van der Waals surface area contributed by atoms with E-state index in [4.69, 9.17) is 11.2 Å². The minimum absolute atomic E-state index is 0.558. The van der Waals surface area contributed by atoms with Gasteiger partial charge in [-0.3, -0.25) is 4.68 Å². The first kappa shape index (κ1) is 14.0. The highest BCUT2D eigenvalue weighted by Gasteiger charge is 2.08. The van der Waals surface area contributed by atoms with Crippen molar-refractivity contribution in [2.45, 2.75) is 6.61 Å². The average Bonchev–Trinajstić information content (AvgIpc) is 2.95. The Labute approximate surface area is 130 Å². The van der Waals surface area contributed by atoms with Crippen LogP contribution in [0.25, 0.3) is 11.1 Å². The first-order chi connectivity index (χ1) is 10.8. The molecule has 1 heterocycles. The molecule has 0 aliphatic rings. The molecular formula is C19H16N2O. The van der Waals surface area contributed by atoms with E-state index in [0.717, 1.165) is 22.4 Å². The molecule has 0 N–H and O–H groups in total. The van der Waals surface area contributed by atoms with Crippen molar-refractivity contribution in [2.24, 2.45) is 7.05 Å². The second kappa shape index (κ2) is 6.19. The Hall–Kier alpha value is -2.99. The highest BCUT2D eigenvalue weighted by atomic mass is 16.5. The summed E-state index contributed by atoms with van der Waals surface area (Å²) < 4.78 is 7.51. The number of rotatable bonds is 4. The molecule has 108 valence electrons. The third-order valence-corrected chi connectivity index (χ3v) is 3.38. The Kier molecular flexibility index (Phi) is 3.93. The van der Waals surface area contributed by atoms with Crippen LogP contribution in [0.3, 0.4) is 0 Å². The van der Waals surface area contributed by atoms with E-state index in [1.165, 1.54) is 0 Å². The van der Waals surface area contributed by atoms with Gasteiger partial charge in [-0.1, -0.05) is 42.5 Å². The SMILES string of the molecule is C#Cc1nn(C)cc1-c1ccc(OCc2ccccc2)cc1. The zero-order valence-electron chi connectivity index (χ0n) is 12.4. The van der Waals surface area contributed by atoms with Crippen LogP contribution in [0.4, 0.5) is 0 Å². The van der Waals surface area contributed by atoms with Gasteiger partial charge in [0.25, 0.3) is 0 Å². The van der Waals surface area contributed by atoms with Gasteiger partial charge in [-0.05, 0) is 29.2 Å². The van der Waals surface area contributed by atoms with Crippen LogP contribution in [0.5, 0.6) is 5.75 Å². The monoisotopic (exact) mass is 288 g/mol. The number of nitrogens with zero attached hydrogens (tertiary/aromatic N) is 2. The summed E-state index contributed by atoms with van der Waals surface area (Å²) in [5, 5.41) is 4.25. The topological polar surface area (TPSA) is 27.1 Å². The normalized spacial score (nSPS) is 10.2. The van der Waals surface area contributed by atoms with E-state index in [1.54, 1.807) is 4.68 Å². The van der Waals surface area contributed by atoms with Gasteiger partial charge in [0.05, 0.1) is 0 Å². The standard InChI is InChI=1S/C19H16N2O/c1-3-19-18(13-21(2)20-19)16-9-11-17(12-10-16)22-14-15-7-5-4-6-8-15/h1,4-13H,14H2,2H3. The maximum absolute atomic E-state index is 5.78. The summed E-state index contributed by atoms with van der Waals surface area (Å²) in [4.78, 5) is 0. The minimum Gasteiger partial charge on any atom is -0.489 e.